The van der Waals surface area contributed by atoms with E-state index in [1.54, 1.807) is 41.4 Å². The Bertz CT molecular complexity index is 2580. The lowest BCUT2D eigenvalue weighted by Gasteiger charge is -2.39. The quantitative estimate of drug-likeness (QED) is 0.105. The lowest BCUT2D eigenvalue weighted by atomic mass is 9.72. The van der Waals surface area contributed by atoms with Crippen LogP contribution in [-0.4, -0.2) is 111 Å². The van der Waals surface area contributed by atoms with Gasteiger partial charge in [-0.25, -0.2) is 26.9 Å². The van der Waals surface area contributed by atoms with E-state index >= 15 is 0 Å². The van der Waals surface area contributed by atoms with Crippen molar-refractivity contribution in [2.75, 3.05) is 70.7 Å². The van der Waals surface area contributed by atoms with Crippen molar-refractivity contribution in [2.24, 2.45) is 11.3 Å². The molecule has 2 fully saturated rings. The van der Waals surface area contributed by atoms with E-state index in [2.05, 4.69) is 55.7 Å². The van der Waals surface area contributed by atoms with Gasteiger partial charge < -0.3 is 14.4 Å². The molecule has 3 aromatic carbocycles. The molecule has 1 amide bonds. The summed E-state index contributed by atoms with van der Waals surface area (Å²) in [6.07, 6.45) is 6.56. The summed E-state index contributed by atoms with van der Waals surface area (Å²) in [4.78, 5) is 24.2. The number of pyridine rings is 1. The zero-order valence-corrected chi connectivity index (χ0v) is 37.6. The van der Waals surface area contributed by atoms with Gasteiger partial charge in [-0.1, -0.05) is 60.8 Å². The summed E-state index contributed by atoms with van der Waals surface area (Å²) < 4.78 is 68.0. The number of hydrogen-bond acceptors (Lipinski definition) is 10. The van der Waals surface area contributed by atoms with Crippen LogP contribution in [0.3, 0.4) is 0 Å². The number of aromatic nitrogens is 3. The number of sulfonamides is 1. The second-order valence-corrected chi connectivity index (χ2v) is 19.9. The molecule has 0 unspecified atom stereocenters. The van der Waals surface area contributed by atoms with Crippen molar-refractivity contribution in [2.45, 2.75) is 50.5 Å². The number of nitrogens with one attached hydrogen (secondary N) is 2. The van der Waals surface area contributed by atoms with E-state index < -0.39 is 35.3 Å². The smallest absolute Gasteiger partial charge is 0.268 e. The predicted molar refractivity (Wildman–Crippen MR) is 242 cm³/mol. The monoisotopic (exact) mass is 921 g/mol. The number of alkyl halides is 2. The third kappa shape index (κ3) is 10.4. The van der Waals surface area contributed by atoms with E-state index in [4.69, 9.17) is 32.7 Å². The van der Waals surface area contributed by atoms with Crippen LogP contribution in [0.15, 0.2) is 89.6 Å². The standard InChI is InChI=1S/C46H51Cl2F2N7O5S/c1-46(2)14-12-32(38(22-46)31-6-8-33(47)9-7-31)28-55-16-18-56(19-17-55)34-10-11-37(43(20-34)62-42-5-3-4-41-39(42)26-52-53-41)44(58)54-63(59,60)36-21-40(48)45(51-25-36)61-29-30-13-15-57(27-30)35(23-49)24-50/h3-11,20-21,25-26,30,35H,12-19,22-24,27-29H2,1-2H3,(H,52,53)(H,54,58)/t30-/m1/s1. The minimum absolute atomic E-state index is 0.00396. The summed E-state index contributed by atoms with van der Waals surface area (Å²) in [7, 11) is -4.47. The summed E-state index contributed by atoms with van der Waals surface area (Å²) in [5, 5.41) is 8.40. The van der Waals surface area contributed by atoms with Gasteiger partial charge in [-0.3, -0.25) is 19.7 Å². The van der Waals surface area contributed by atoms with Gasteiger partial charge in [-0.05, 0) is 91.2 Å². The Morgan fingerprint density at radius 1 is 0.984 bits per heavy atom. The zero-order chi connectivity index (χ0) is 44.3. The number of carbonyl (C=O) groups is 1. The van der Waals surface area contributed by atoms with Crippen LogP contribution >= 0.6 is 23.2 Å². The number of fused-ring (bicyclic) bond motifs is 1. The molecule has 0 spiro atoms. The van der Waals surface area contributed by atoms with E-state index in [9.17, 15) is 22.0 Å². The summed E-state index contributed by atoms with van der Waals surface area (Å²) in [5.74, 6) is -0.323. The topological polar surface area (TPSA) is 133 Å². The number of H-pyrrole nitrogens is 1. The second kappa shape index (κ2) is 19.1. The fourth-order valence-electron chi connectivity index (χ4n) is 8.69. The number of hydrogen-bond donors (Lipinski definition) is 2. The molecular weight excluding hydrogens is 872 g/mol. The molecule has 17 heteroatoms. The van der Waals surface area contributed by atoms with Crippen LogP contribution in [-0.2, 0) is 10.0 Å². The predicted octanol–water partition coefficient (Wildman–Crippen LogP) is 8.97. The molecule has 1 aliphatic carbocycles. The van der Waals surface area contributed by atoms with Gasteiger partial charge in [0.25, 0.3) is 15.9 Å². The average molecular weight is 923 g/mol. The molecule has 12 nitrogen and oxygen atoms in total. The van der Waals surface area contributed by atoms with Gasteiger partial charge in [0, 0.05) is 62.0 Å². The number of nitrogens with zero attached hydrogens (tertiary/aromatic N) is 5. The SMILES string of the molecule is CC1(C)CCC(CN2CCN(c3ccc(C(=O)NS(=O)(=O)c4cnc(OC[C@@H]5CCN(C(CF)CF)C5)c(Cl)c4)c(Oc4cccc5[nH]ncc45)c3)CC2)=C(c2ccc(Cl)cc2)C1. The molecule has 8 rings (SSSR count). The third-order valence-corrected chi connectivity index (χ3v) is 14.2. The summed E-state index contributed by atoms with van der Waals surface area (Å²) >= 11 is 12.7. The van der Waals surface area contributed by atoms with Gasteiger partial charge in [-0.15, -0.1) is 0 Å². The normalized spacial score (nSPS) is 18.7. The highest BCUT2D eigenvalue weighted by atomic mass is 35.5. The van der Waals surface area contributed by atoms with Crippen molar-refractivity contribution in [3.8, 4) is 17.4 Å². The van der Waals surface area contributed by atoms with Crippen LogP contribution < -0.4 is 19.1 Å². The maximum Gasteiger partial charge on any atom is 0.268 e. The second-order valence-electron chi connectivity index (χ2n) is 17.4. The first-order valence-electron chi connectivity index (χ1n) is 21.2. The van der Waals surface area contributed by atoms with E-state index in [0.29, 0.717) is 30.6 Å². The molecule has 0 radical (unpaired) electrons. The first-order chi connectivity index (χ1) is 30.3. The van der Waals surface area contributed by atoms with E-state index in [1.807, 2.05) is 18.2 Å². The highest BCUT2D eigenvalue weighted by Gasteiger charge is 2.32. The Kier molecular flexibility index (Phi) is 13.6. The van der Waals surface area contributed by atoms with Crippen molar-refractivity contribution in [3.63, 3.8) is 0 Å². The van der Waals surface area contributed by atoms with Gasteiger partial charge in [0.15, 0.2) is 0 Å². The number of carbonyl (C=O) groups excluding carboxylic acids is 1. The van der Waals surface area contributed by atoms with Crippen molar-refractivity contribution >= 4 is 61.3 Å². The van der Waals surface area contributed by atoms with Crippen LogP contribution in [0, 0.1) is 11.3 Å². The van der Waals surface area contributed by atoms with Gasteiger partial charge >= 0.3 is 0 Å². The number of ether oxygens (including phenoxy) is 2. The zero-order valence-electron chi connectivity index (χ0n) is 35.3. The number of benzene rings is 3. The molecule has 0 bridgehead atoms. The summed E-state index contributed by atoms with van der Waals surface area (Å²) in [6.45, 7) is 8.32. The minimum Gasteiger partial charge on any atom is -0.476 e. The van der Waals surface area contributed by atoms with E-state index in [-0.39, 0.29) is 45.1 Å². The first-order valence-corrected chi connectivity index (χ1v) is 23.4. The number of likely N-dealkylation sites (tertiary alicyclic amines) is 1. The molecule has 63 heavy (non-hydrogen) atoms. The molecule has 5 aromatic rings. The average Bonchev–Trinajstić information content (AvgIpc) is 3.96. The van der Waals surface area contributed by atoms with Crippen LogP contribution in [0.5, 0.6) is 17.4 Å². The van der Waals surface area contributed by atoms with Crippen molar-refractivity contribution < 1.29 is 31.5 Å². The number of rotatable bonds is 15. The van der Waals surface area contributed by atoms with Crippen LogP contribution in [0.4, 0.5) is 14.5 Å². The van der Waals surface area contributed by atoms with Crippen molar-refractivity contribution in [1.82, 2.24) is 29.7 Å². The van der Waals surface area contributed by atoms with Crippen LogP contribution in [0.25, 0.3) is 16.5 Å². The molecule has 1 atom stereocenters. The van der Waals surface area contributed by atoms with Crippen LogP contribution in [0.1, 0.15) is 55.5 Å². The highest BCUT2D eigenvalue weighted by molar-refractivity contribution is 7.90. The molecule has 0 saturated carbocycles. The number of anilines is 1. The Labute approximate surface area is 376 Å². The Morgan fingerprint density at radius 2 is 1.76 bits per heavy atom. The summed E-state index contributed by atoms with van der Waals surface area (Å²) in [6, 6.07) is 19.1. The molecule has 2 saturated heterocycles. The lowest BCUT2D eigenvalue weighted by Crippen LogP contribution is -2.47. The maximum atomic E-state index is 13.9. The van der Waals surface area contributed by atoms with E-state index in [1.165, 1.54) is 16.7 Å². The lowest BCUT2D eigenvalue weighted by molar-refractivity contribution is 0.0979. The fourth-order valence-corrected chi connectivity index (χ4v) is 10.0. The van der Waals surface area contributed by atoms with Gasteiger partial charge in [0.05, 0.1) is 41.5 Å². The molecule has 4 heterocycles. The van der Waals surface area contributed by atoms with Gasteiger partial charge in [0.1, 0.15) is 34.8 Å². The Morgan fingerprint density at radius 3 is 2.51 bits per heavy atom. The molecule has 334 valence electrons. The highest BCUT2D eigenvalue weighted by Crippen LogP contribution is 2.43. The van der Waals surface area contributed by atoms with Crippen LogP contribution in [0.2, 0.25) is 10.0 Å². The number of allylic oxidation sites excluding steroid dienone is 1. The number of aromatic amines is 1. The van der Waals surface area contributed by atoms with Crippen molar-refractivity contribution in [3.05, 3.63) is 106 Å². The Balaban J connectivity index is 0.969. The molecule has 2 aromatic heterocycles. The number of amides is 1. The Hall–Kier alpha value is -4.80. The first kappa shape index (κ1) is 44.8. The number of piperazine rings is 1. The third-order valence-electron chi connectivity index (χ3n) is 12.4. The minimum atomic E-state index is -4.47. The summed E-state index contributed by atoms with van der Waals surface area (Å²) in [5.41, 5.74) is 5.89. The fraction of sp³-hybridized carbons (Fsp3) is 0.413. The van der Waals surface area contributed by atoms with E-state index in [0.717, 1.165) is 80.5 Å². The van der Waals surface area contributed by atoms with Gasteiger partial charge in [-0.2, -0.15) is 5.10 Å². The molecule has 2 N–H and O–H groups in total. The van der Waals surface area contributed by atoms with Gasteiger partial charge in [0.2, 0.25) is 5.88 Å². The largest absolute Gasteiger partial charge is 0.476 e. The molecule has 3 aliphatic rings. The molecular formula is C46H51Cl2F2N7O5S. The van der Waals surface area contributed by atoms with Crippen molar-refractivity contribution in [1.29, 1.82) is 0 Å². The number of halogens is 4. The molecule has 2 aliphatic heterocycles. The maximum absolute atomic E-state index is 13.9.